The molecule has 0 aromatic heterocycles. The topological polar surface area (TPSA) is 23.5 Å². The summed E-state index contributed by atoms with van der Waals surface area (Å²) in [6.45, 7) is 18.7. The Kier molecular flexibility index (Phi) is 8.21. The zero-order chi connectivity index (χ0) is 44.8. The van der Waals surface area contributed by atoms with Crippen molar-refractivity contribution >= 4 is 17.1 Å². The summed E-state index contributed by atoms with van der Waals surface area (Å²) in [5.74, 6) is 0. The Hall–Kier alpha value is -6.74. The van der Waals surface area contributed by atoms with E-state index in [0.29, 0.717) is 0 Å². The molecule has 0 bridgehead atoms. The van der Waals surface area contributed by atoms with E-state index < -0.39 is 11.0 Å². The second-order valence-corrected chi connectivity index (χ2v) is 21.6. The lowest BCUT2D eigenvalue weighted by atomic mass is 9.68. The molecule has 4 aliphatic rings. The van der Waals surface area contributed by atoms with Crippen LogP contribution in [0, 0.1) is 0 Å². The van der Waals surface area contributed by atoms with Crippen LogP contribution in [0.25, 0.3) is 44.5 Å². The highest BCUT2D eigenvalue weighted by molar-refractivity contribution is 5.97. The van der Waals surface area contributed by atoms with Gasteiger partial charge < -0.3 is 10.0 Å². The summed E-state index contributed by atoms with van der Waals surface area (Å²) < 4.78 is 0. The molecule has 0 atom stereocenters. The third kappa shape index (κ3) is 5.76. The number of fused-ring (bicyclic) bond motifs is 13. The summed E-state index contributed by atoms with van der Waals surface area (Å²) in [5, 5.41) is 10.7. The average molecular weight is 842 g/mol. The normalized spacial score (nSPS) is 16.1. The summed E-state index contributed by atoms with van der Waals surface area (Å²) >= 11 is 0. The molecule has 0 aliphatic heterocycles. The van der Waals surface area contributed by atoms with Gasteiger partial charge in [0.05, 0.1) is 5.41 Å². The van der Waals surface area contributed by atoms with E-state index in [2.05, 4.69) is 218 Å². The molecule has 65 heavy (non-hydrogen) atoms. The second kappa shape index (κ2) is 13.4. The maximum atomic E-state index is 10.7. The van der Waals surface area contributed by atoms with Gasteiger partial charge in [-0.15, -0.1) is 0 Å². The lowest BCUT2D eigenvalue weighted by Crippen LogP contribution is -2.27. The van der Waals surface area contributed by atoms with Gasteiger partial charge in [-0.25, -0.2) is 0 Å². The number of hydrogen-bond acceptors (Lipinski definition) is 2. The summed E-state index contributed by atoms with van der Waals surface area (Å²) in [5.41, 5.74) is 23.6. The maximum absolute atomic E-state index is 10.7. The molecule has 4 aliphatic carbocycles. The molecule has 0 fully saturated rings. The Bertz CT molecular complexity index is 3240. The van der Waals surface area contributed by atoms with Gasteiger partial charge in [0.2, 0.25) is 0 Å². The molecule has 12 rings (SSSR count). The van der Waals surface area contributed by atoms with Gasteiger partial charge in [0.1, 0.15) is 5.60 Å². The number of hydrogen-bond donors (Lipinski definition) is 1. The Labute approximate surface area is 384 Å². The molecule has 0 saturated carbocycles. The van der Waals surface area contributed by atoms with E-state index in [9.17, 15) is 5.11 Å². The van der Waals surface area contributed by atoms with Gasteiger partial charge in [0.25, 0.3) is 0 Å². The molecule has 2 nitrogen and oxygen atoms in total. The number of aliphatic hydroxyl groups is 1. The van der Waals surface area contributed by atoms with Crippen LogP contribution < -0.4 is 4.90 Å². The predicted octanol–water partition coefficient (Wildman–Crippen LogP) is 15.8. The predicted molar refractivity (Wildman–Crippen MR) is 271 cm³/mol. The molecular weight excluding hydrogens is 787 g/mol. The van der Waals surface area contributed by atoms with Crippen molar-refractivity contribution in [3.63, 3.8) is 0 Å². The highest BCUT2D eigenvalue weighted by Gasteiger charge is 2.52. The molecule has 8 aromatic rings. The minimum Gasteiger partial charge on any atom is -0.377 e. The van der Waals surface area contributed by atoms with Gasteiger partial charge in [0.15, 0.2) is 0 Å². The number of rotatable bonds is 5. The zero-order valence-corrected chi connectivity index (χ0v) is 38.7. The lowest BCUT2D eigenvalue weighted by molar-refractivity contribution is 0.181. The molecule has 0 radical (unpaired) electrons. The van der Waals surface area contributed by atoms with Gasteiger partial charge in [-0.2, -0.15) is 0 Å². The van der Waals surface area contributed by atoms with Crippen LogP contribution in [0.5, 0.6) is 0 Å². The number of nitrogens with zero attached hydrogens (tertiary/aromatic N) is 1. The van der Waals surface area contributed by atoms with Gasteiger partial charge in [-0.3, -0.25) is 0 Å². The first-order valence-corrected chi connectivity index (χ1v) is 23.3. The van der Waals surface area contributed by atoms with E-state index in [1.54, 1.807) is 0 Å². The van der Waals surface area contributed by atoms with Crippen LogP contribution in [0.2, 0.25) is 0 Å². The zero-order valence-electron chi connectivity index (χ0n) is 38.7. The molecule has 318 valence electrons. The molecule has 0 amide bonds. The first kappa shape index (κ1) is 39.8. The SMILES string of the molecule is CC(C)(C)c1ccc2c(c1)C1(c3ccccc3-c3ccc(N(c4ccc(-c5ccc(C6(O)C=C6)cc5)cc4)c4ccc5c(c4)C(C)(C)c4ccccc4-5)cc31)c1cc(C(C)(C)C)ccc1-2. The van der Waals surface area contributed by atoms with E-state index in [1.165, 1.54) is 77.9 Å². The summed E-state index contributed by atoms with van der Waals surface area (Å²) in [4.78, 5) is 2.48. The van der Waals surface area contributed by atoms with Crippen molar-refractivity contribution in [3.05, 3.63) is 232 Å². The van der Waals surface area contributed by atoms with Crippen molar-refractivity contribution in [2.24, 2.45) is 0 Å². The number of anilines is 3. The van der Waals surface area contributed by atoms with Crippen LogP contribution in [0.1, 0.15) is 105 Å². The van der Waals surface area contributed by atoms with Crippen LogP contribution in [-0.4, -0.2) is 5.11 Å². The van der Waals surface area contributed by atoms with Crippen molar-refractivity contribution < 1.29 is 5.11 Å². The Morgan fingerprint density at radius 1 is 0.385 bits per heavy atom. The molecule has 0 saturated heterocycles. The highest BCUT2D eigenvalue weighted by atomic mass is 16.3. The van der Waals surface area contributed by atoms with Crippen LogP contribution in [0.3, 0.4) is 0 Å². The molecule has 0 unspecified atom stereocenters. The molecule has 1 spiro atoms. The van der Waals surface area contributed by atoms with E-state index in [0.717, 1.165) is 33.8 Å². The van der Waals surface area contributed by atoms with E-state index in [-0.39, 0.29) is 16.2 Å². The Morgan fingerprint density at radius 3 is 1.31 bits per heavy atom. The molecule has 1 N–H and O–H groups in total. The monoisotopic (exact) mass is 841 g/mol. The Balaban J connectivity index is 1.09. The lowest BCUT2D eigenvalue weighted by Gasteiger charge is -2.34. The fourth-order valence-electron chi connectivity index (χ4n) is 11.5. The van der Waals surface area contributed by atoms with E-state index in [4.69, 9.17) is 0 Å². The first-order chi connectivity index (χ1) is 31.1. The van der Waals surface area contributed by atoms with Gasteiger partial charge in [-0.1, -0.05) is 189 Å². The van der Waals surface area contributed by atoms with Crippen LogP contribution in [0.4, 0.5) is 17.1 Å². The number of benzene rings is 8. The third-order valence-electron chi connectivity index (χ3n) is 15.3. The molecule has 2 heteroatoms. The standard InChI is InChI=1S/C63H55NO/c1-59(2,3)42-23-29-50-51-30-24-43(60(4,5)6)36-57(51)63(56(50)35-42)54-16-12-10-14-48(54)52-32-28-46(38-58(52)63)64(45-27-31-49-47-13-9-11-15-53(47)61(7,8)55(49)37-45)44-25-19-40(20-26-44)39-17-21-41(22-18-39)62(65)33-34-62/h9-38,65H,1-8H3. The molecule has 8 aromatic carbocycles. The van der Waals surface area contributed by atoms with Crippen LogP contribution in [0.15, 0.2) is 182 Å². The van der Waals surface area contributed by atoms with Crippen molar-refractivity contribution in [2.75, 3.05) is 4.90 Å². The van der Waals surface area contributed by atoms with Crippen molar-refractivity contribution in [1.29, 1.82) is 0 Å². The second-order valence-electron chi connectivity index (χ2n) is 21.6. The van der Waals surface area contributed by atoms with Crippen LogP contribution in [-0.2, 0) is 27.3 Å². The molecular formula is C63H55NO. The molecule has 0 heterocycles. The van der Waals surface area contributed by atoms with Crippen LogP contribution >= 0.6 is 0 Å². The summed E-state index contributed by atoms with van der Waals surface area (Å²) in [7, 11) is 0. The summed E-state index contributed by atoms with van der Waals surface area (Å²) in [6.07, 6.45) is 3.67. The Morgan fingerprint density at radius 2 is 0.785 bits per heavy atom. The minimum atomic E-state index is -0.892. The van der Waals surface area contributed by atoms with Gasteiger partial charge in [-0.05, 0) is 154 Å². The largest absolute Gasteiger partial charge is 0.377 e. The first-order valence-electron chi connectivity index (χ1n) is 23.3. The maximum Gasteiger partial charge on any atom is 0.127 e. The third-order valence-corrected chi connectivity index (χ3v) is 15.3. The van der Waals surface area contributed by atoms with E-state index >= 15 is 0 Å². The van der Waals surface area contributed by atoms with Gasteiger partial charge in [0, 0.05) is 22.5 Å². The van der Waals surface area contributed by atoms with Gasteiger partial charge >= 0.3 is 0 Å². The van der Waals surface area contributed by atoms with Crippen molar-refractivity contribution in [1.82, 2.24) is 0 Å². The quantitative estimate of drug-likeness (QED) is 0.175. The summed E-state index contributed by atoms with van der Waals surface area (Å²) in [6, 6.07) is 64.4. The van der Waals surface area contributed by atoms with E-state index in [1.807, 2.05) is 24.3 Å². The smallest absolute Gasteiger partial charge is 0.127 e. The van der Waals surface area contributed by atoms with Crippen molar-refractivity contribution in [3.8, 4) is 44.5 Å². The van der Waals surface area contributed by atoms with Crippen molar-refractivity contribution in [2.45, 2.75) is 82.7 Å². The highest BCUT2D eigenvalue weighted by Crippen LogP contribution is 2.64. The average Bonchev–Trinajstić information content (AvgIpc) is 3.83. The fraction of sp³-hybridized carbons (Fsp3) is 0.206. The fourth-order valence-corrected chi connectivity index (χ4v) is 11.5. The minimum absolute atomic E-state index is 0.0220.